The number of hydrogen-bond acceptors (Lipinski definition) is 4. The molecule has 1 amide bonds. The highest BCUT2D eigenvalue weighted by molar-refractivity contribution is 5.92. The lowest BCUT2D eigenvalue weighted by Gasteiger charge is -2.05. The second-order valence-electron chi connectivity index (χ2n) is 5.81. The average Bonchev–Trinajstić information content (AvgIpc) is 2.91. The fourth-order valence-corrected chi connectivity index (χ4v) is 2.77. The number of fused-ring (bicyclic) bond motifs is 3. The van der Waals surface area contributed by atoms with Gasteiger partial charge in [0.05, 0.1) is 5.52 Å². The van der Waals surface area contributed by atoms with Crippen molar-refractivity contribution in [1.29, 1.82) is 0 Å². The zero-order valence-electron chi connectivity index (χ0n) is 13.5. The van der Waals surface area contributed by atoms with Gasteiger partial charge in [-0.05, 0) is 36.8 Å². The maximum atomic E-state index is 12.5. The van der Waals surface area contributed by atoms with E-state index in [1.807, 2.05) is 49.4 Å². The molecule has 124 valence electrons. The van der Waals surface area contributed by atoms with Crippen LogP contribution in [0.1, 0.15) is 5.56 Å². The highest BCUT2D eigenvalue weighted by Gasteiger charge is 2.13. The summed E-state index contributed by atoms with van der Waals surface area (Å²) in [6.45, 7) is 1.78. The Morgan fingerprint density at radius 1 is 1.16 bits per heavy atom. The molecule has 2 heterocycles. The van der Waals surface area contributed by atoms with E-state index in [0.717, 1.165) is 21.1 Å². The van der Waals surface area contributed by atoms with Gasteiger partial charge in [0.2, 0.25) is 5.91 Å². The molecule has 0 bridgehead atoms. The van der Waals surface area contributed by atoms with Gasteiger partial charge in [-0.2, -0.15) is 0 Å². The second kappa shape index (κ2) is 5.86. The summed E-state index contributed by atoms with van der Waals surface area (Å²) in [7, 11) is 0. The first-order chi connectivity index (χ1) is 12.1. The van der Waals surface area contributed by atoms with Crippen LogP contribution in [0.2, 0.25) is 0 Å². The zero-order valence-corrected chi connectivity index (χ0v) is 13.5. The molecule has 0 spiro atoms. The summed E-state index contributed by atoms with van der Waals surface area (Å²) >= 11 is 0. The average molecular weight is 333 g/mol. The van der Waals surface area contributed by atoms with Crippen LogP contribution in [0.3, 0.4) is 0 Å². The van der Waals surface area contributed by atoms with E-state index in [0.29, 0.717) is 11.3 Å². The number of benzene rings is 2. The first kappa shape index (κ1) is 15.1. The summed E-state index contributed by atoms with van der Waals surface area (Å²) in [5, 5.41) is 7.85. The number of carbonyl (C=O) groups excluding carboxylic acids is 1. The second-order valence-corrected chi connectivity index (χ2v) is 5.81. The minimum absolute atomic E-state index is 0.164. The van der Waals surface area contributed by atoms with Crippen molar-refractivity contribution in [2.45, 2.75) is 13.5 Å². The Balaban J connectivity index is 1.67. The van der Waals surface area contributed by atoms with Gasteiger partial charge in [-0.15, -0.1) is 5.10 Å². The maximum Gasteiger partial charge on any atom is 0.352 e. The molecule has 0 fully saturated rings. The van der Waals surface area contributed by atoms with Crippen molar-refractivity contribution in [3.05, 3.63) is 70.9 Å². The monoisotopic (exact) mass is 333 g/mol. The lowest BCUT2D eigenvalue weighted by atomic mass is 10.2. The number of rotatable bonds is 3. The Morgan fingerprint density at radius 2 is 2.00 bits per heavy atom. The summed E-state index contributed by atoms with van der Waals surface area (Å²) in [4.78, 5) is 29.0. The van der Waals surface area contributed by atoms with E-state index in [4.69, 9.17) is 0 Å². The molecule has 2 aromatic carbocycles. The van der Waals surface area contributed by atoms with Crippen LogP contribution in [-0.2, 0) is 11.3 Å². The van der Waals surface area contributed by atoms with Crippen molar-refractivity contribution < 1.29 is 4.79 Å². The molecule has 2 aromatic heterocycles. The Kier molecular flexibility index (Phi) is 3.53. The topological polar surface area (TPSA) is 81.3 Å². The third-order valence-electron chi connectivity index (χ3n) is 3.92. The fraction of sp³-hybridized carbons (Fsp3) is 0.111. The van der Waals surface area contributed by atoms with Crippen LogP contribution in [0.4, 0.5) is 5.69 Å². The van der Waals surface area contributed by atoms with E-state index < -0.39 is 5.69 Å². The van der Waals surface area contributed by atoms with Gasteiger partial charge < -0.3 is 5.32 Å². The molecule has 1 N–H and O–H groups in total. The Morgan fingerprint density at radius 3 is 2.84 bits per heavy atom. The van der Waals surface area contributed by atoms with Gasteiger partial charge in [-0.25, -0.2) is 18.9 Å². The molecule has 0 atom stereocenters. The van der Waals surface area contributed by atoms with E-state index in [1.54, 1.807) is 6.07 Å². The molecule has 0 saturated carbocycles. The minimum atomic E-state index is -0.396. The molecule has 7 nitrogen and oxygen atoms in total. The van der Waals surface area contributed by atoms with Gasteiger partial charge in [-0.1, -0.05) is 24.3 Å². The van der Waals surface area contributed by atoms with Crippen LogP contribution in [0, 0.1) is 6.92 Å². The van der Waals surface area contributed by atoms with E-state index in [9.17, 15) is 9.59 Å². The largest absolute Gasteiger partial charge is 0.352 e. The normalized spacial score (nSPS) is 11.1. The number of aromatic nitrogens is 4. The van der Waals surface area contributed by atoms with Crippen LogP contribution in [0.15, 0.2) is 59.7 Å². The van der Waals surface area contributed by atoms with Crippen LogP contribution in [0.25, 0.3) is 16.6 Å². The summed E-state index contributed by atoms with van der Waals surface area (Å²) in [6, 6.07) is 14.9. The number of nitrogens with one attached hydrogen (secondary N) is 1. The molecule has 0 aliphatic heterocycles. The molecule has 0 aliphatic rings. The first-order valence-corrected chi connectivity index (χ1v) is 7.81. The number of anilines is 1. The summed E-state index contributed by atoms with van der Waals surface area (Å²) in [5.41, 5.74) is 2.57. The van der Waals surface area contributed by atoms with E-state index in [-0.39, 0.29) is 12.5 Å². The smallest absolute Gasteiger partial charge is 0.324 e. The number of nitrogens with zero attached hydrogens (tertiary/aromatic N) is 4. The number of hydrogen-bond donors (Lipinski definition) is 1. The van der Waals surface area contributed by atoms with Gasteiger partial charge in [0.1, 0.15) is 12.9 Å². The Bertz CT molecular complexity index is 1160. The van der Waals surface area contributed by atoms with Crippen molar-refractivity contribution in [3.63, 3.8) is 0 Å². The van der Waals surface area contributed by atoms with Crippen LogP contribution < -0.4 is 11.0 Å². The lowest BCUT2D eigenvalue weighted by molar-refractivity contribution is -0.117. The van der Waals surface area contributed by atoms with Gasteiger partial charge in [-0.3, -0.25) is 4.79 Å². The molecule has 25 heavy (non-hydrogen) atoms. The third-order valence-corrected chi connectivity index (χ3v) is 3.92. The molecular formula is C18H15N5O2. The molecule has 4 rings (SSSR count). The standard InChI is InChI=1S/C18H15N5O2/c1-12-5-4-6-13(9-12)20-16(24)10-23-18(25)22-11-19-15-8-3-2-7-14(15)17(22)21-23/h2-9,11H,10H2,1H3,(H,20,24). The molecule has 0 radical (unpaired) electrons. The summed E-state index contributed by atoms with van der Waals surface area (Å²) in [6.07, 6.45) is 1.43. The third kappa shape index (κ3) is 2.76. The van der Waals surface area contributed by atoms with Gasteiger partial charge in [0.25, 0.3) is 0 Å². The molecule has 4 aromatic rings. The maximum absolute atomic E-state index is 12.5. The van der Waals surface area contributed by atoms with Crippen molar-refractivity contribution in [3.8, 4) is 0 Å². The Labute approximate surface area is 142 Å². The van der Waals surface area contributed by atoms with Crippen molar-refractivity contribution in [2.24, 2.45) is 0 Å². The van der Waals surface area contributed by atoms with Crippen LogP contribution >= 0.6 is 0 Å². The molecule has 0 aliphatic carbocycles. The molecule has 0 saturated heterocycles. The van der Waals surface area contributed by atoms with Gasteiger partial charge in [0, 0.05) is 11.1 Å². The predicted octanol–water partition coefficient (Wildman–Crippen LogP) is 1.99. The van der Waals surface area contributed by atoms with E-state index in [2.05, 4.69) is 15.4 Å². The fourth-order valence-electron chi connectivity index (χ4n) is 2.77. The van der Waals surface area contributed by atoms with Crippen molar-refractivity contribution >= 4 is 28.1 Å². The number of amides is 1. The van der Waals surface area contributed by atoms with Crippen molar-refractivity contribution in [1.82, 2.24) is 19.2 Å². The first-order valence-electron chi connectivity index (χ1n) is 7.81. The zero-order chi connectivity index (χ0) is 17.4. The summed E-state index contributed by atoms with van der Waals surface area (Å²) < 4.78 is 2.50. The molecular weight excluding hydrogens is 318 g/mol. The molecule has 7 heteroatoms. The minimum Gasteiger partial charge on any atom is -0.324 e. The highest BCUT2D eigenvalue weighted by Crippen LogP contribution is 2.14. The Hall–Kier alpha value is -3.48. The van der Waals surface area contributed by atoms with Crippen molar-refractivity contribution in [2.75, 3.05) is 5.32 Å². The number of carbonyl (C=O) groups is 1. The quantitative estimate of drug-likeness (QED) is 0.622. The SMILES string of the molecule is Cc1cccc(NC(=O)Cn2nc3c4ccccc4ncn3c2=O)c1. The van der Waals surface area contributed by atoms with Crippen LogP contribution in [-0.4, -0.2) is 25.1 Å². The predicted molar refractivity (Wildman–Crippen MR) is 94.6 cm³/mol. The van der Waals surface area contributed by atoms with Gasteiger partial charge >= 0.3 is 5.69 Å². The highest BCUT2D eigenvalue weighted by atomic mass is 16.2. The number of para-hydroxylation sites is 1. The lowest BCUT2D eigenvalue weighted by Crippen LogP contribution is -2.28. The van der Waals surface area contributed by atoms with Crippen LogP contribution in [0.5, 0.6) is 0 Å². The van der Waals surface area contributed by atoms with Gasteiger partial charge in [0.15, 0.2) is 5.65 Å². The van der Waals surface area contributed by atoms with E-state index in [1.165, 1.54) is 10.7 Å². The van der Waals surface area contributed by atoms with E-state index >= 15 is 0 Å². The summed E-state index contributed by atoms with van der Waals surface area (Å²) in [5.74, 6) is -0.312. The number of aryl methyl sites for hydroxylation is 1. The molecule has 0 unspecified atom stereocenters.